The van der Waals surface area contributed by atoms with Crippen LogP contribution in [0.4, 0.5) is 0 Å². The number of esters is 1. The largest absolute Gasteiger partial charge is 0.507 e. The van der Waals surface area contributed by atoms with Gasteiger partial charge in [-0.2, -0.15) is 0 Å². The third-order valence-corrected chi connectivity index (χ3v) is 3.58. The van der Waals surface area contributed by atoms with E-state index in [-0.39, 0.29) is 33.6 Å². The molecular weight excluding hydrogens is 348 g/mol. The predicted octanol–water partition coefficient (Wildman–Crippen LogP) is 3.75. The van der Waals surface area contributed by atoms with Crippen LogP contribution in [0.25, 0.3) is 16.5 Å². The van der Waals surface area contributed by atoms with Gasteiger partial charge in [0, 0.05) is 0 Å². The fourth-order valence-electron chi connectivity index (χ4n) is 2.25. The number of fused-ring (bicyclic) bond motifs is 1. The molecule has 4 N–H and O–H groups in total. The number of carbonyl (C=O) groups excluding carboxylic acids is 1. The maximum absolute atomic E-state index is 11.6. The minimum absolute atomic E-state index is 0.0399. The molecule has 0 unspecified atom stereocenters. The summed E-state index contributed by atoms with van der Waals surface area (Å²) in [5.41, 5.74) is 0.853. The number of allylic oxidation sites excluding steroid dienone is 3. The molecule has 25 heavy (non-hydrogen) atoms. The maximum Gasteiger partial charge on any atom is 0.326 e. The smallest absolute Gasteiger partial charge is 0.326 e. The molecule has 0 heterocycles. The van der Waals surface area contributed by atoms with Gasteiger partial charge < -0.3 is 25.2 Å². The van der Waals surface area contributed by atoms with Crippen molar-refractivity contribution in [3.05, 3.63) is 41.5 Å². The number of rotatable bonds is 4. The van der Waals surface area contributed by atoms with E-state index in [0.29, 0.717) is 0 Å². The van der Waals surface area contributed by atoms with Gasteiger partial charge in [-0.1, -0.05) is 11.6 Å². The summed E-state index contributed by atoms with van der Waals surface area (Å²) in [6.07, 6.45) is 3.07. The molecule has 6 nitrogen and oxygen atoms in total. The lowest BCUT2D eigenvalue weighted by Crippen LogP contribution is -2.05. The predicted molar refractivity (Wildman–Crippen MR) is 94.8 cm³/mol. The second-order valence-electron chi connectivity index (χ2n) is 5.53. The molecule has 7 heteroatoms. The number of halogens is 1. The Balaban J connectivity index is 2.78. The summed E-state index contributed by atoms with van der Waals surface area (Å²) in [5, 5.41) is 40.3. The first-order valence-electron chi connectivity index (χ1n) is 7.28. The molecule has 2 aromatic rings. The monoisotopic (exact) mass is 364 g/mol. The van der Waals surface area contributed by atoms with E-state index in [1.807, 2.05) is 13.8 Å². The summed E-state index contributed by atoms with van der Waals surface area (Å²) >= 11 is 5.46. The van der Waals surface area contributed by atoms with Crippen molar-refractivity contribution in [2.24, 2.45) is 0 Å². The minimum atomic E-state index is -0.755. The van der Waals surface area contributed by atoms with E-state index in [1.54, 1.807) is 6.08 Å². The summed E-state index contributed by atoms with van der Waals surface area (Å²) in [6, 6.07) is 3.48. The number of benzene rings is 2. The Bertz CT molecular complexity index is 894. The number of hydrogen-bond donors (Lipinski definition) is 4. The van der Waals surface area contributed by atoms with E-state index in [1.165, 1.54) is 18.2 Å². The lowest BCUT2D eigenvalue weighted by molar-refractivity contribution is -0.133. The van der Waals surface area contributed by atoms with Crippen molar-refractivity contribution in [2.45, 2.75) is 13.8 Å². The highest BCUT2D eigenvalue weighted by Crippen LogP contribution is 2.46. The van der Waals surface area contributed by atoms with Gasteiger partial charge in [0.15, 0.2) is 0 Å². The Morgan fingerprint density at radius 1 is 1.04 bits per heavy atom. The van der Waals surface area contributed by atoms with Gasteiger partial charge in [0.1, 0.15) is 34.6 Å². The van der Waals surface area contributed by atoms with Crippen LogP contribution in [-0.4, -0.2) is 32.3 Å². The first-order chi connectivity index (χ1) is 11.8. The number of carbonyl (C=O) groups is 1. The molecule has 0 radical (unpaired) electrons. The molecule has 2 rings (SSSR count). The fourth-order valence-corrected chi connectivity index (χ4v) is 2.31. The van der Waals surface area contributed by atoms with E-state index < -0.39 is 23.3 Å². The molecule has 2 aromatic carbocycles. The zero-order valence-corrected chi connectivity index (χ0v) is 14.3. The average molecular weight is 365 g/mol. The number of hydrogen-bond acceptors (Lipinski definition) is 6. The summed E-state index contributed by atoms with van der Waals surface area (Å²) in [5.74, 6) is -2.76. The van der Waals surface area contributed by atoms with Gasteiger partial charge >= 0.3 is 5.97 Å². The molecule has 0 saturated heterocycles. The van der Waals surface area contributed by atoms with Gasteiger partial charge in [-0.05, 0) is 38.1 Å². The van der Waals surface area contributed by atoms with E-state index in [9.17, 15) is 25.2 Å². The van der Waals surface area contributed by atoms with Crippen molar-refractivity contribution >= 4 is 34.1 Å². The number of aromatic hydroxyl groups is 4. The third kappa shape index (κ3) is 3.80. The van der Waals surface area contributed by atoms with Gasteiger partial charge in [-0.25, -0.2) is 0 Å². The Morgan fingerprint density at radius 2 is 1.64 bits per heavy atom. The summed E-state index contributed by atoms with van der Waals surface area (Å²) in [4.78, 5) is 11.6. The van der Waals surface area contributed by atoms with Crippen LogP contribution < -0.4 is 0 Å². The van der Waals surface area contributed by atoms with Crippen LogP contribution in [-0.2, 0) is 9.53 Å². The van der Waals surface area contributed by atoms with Crippen LogP contribution in [0, 0.1) is 0 Å². The van der Waals surface area contributed by atoms with Crippen molar-refractivity contribution in [1.29, 1.82) is 0 Å². The number of phenolic OH excluding ortho intramolecular Hbond substituents is 4. The SMILES string of the molecule is CC(C)=C/C=C(\OC(=O)CCl)c1cc(O)c2c(O)ccc(O)c2c1O. The summed E-state index contributed by atoms with van der Waals surface area (Å²) in [6.45, 7) is 3.64. The second kappa shape index (κ2) is 7.36. The van der Waals surface area contributed by atoms with Crippen LogP contribution in [0.5, 0.6) is 23.0 Å². The number of ether oxygens (including phenoxy) is 1. The van der Waals surface area contributed by atoms with E-state index in [2.05, 4.69) is 0 Å². The lowest BCUT2D eigenvalue weighted by atomic mass is 10.0. The highest BCUT2D eigenvalue weighted by atomic mass is 35.5. The molecule has 0 aliphatic heterocycles. The van der Waals surface area contributed by atoms with E-state index in [4.69, 9.17) is 16.3 Å². The number of phenols is 4. The maximum atomic E-state index is 11.6. The molecule has 0 atom stereocenters. The molecule has 0 aliphatic rings. The zero-order valence-electron chi connectivity index (χ0n) is 13.6. The van der Waals surface area contributed by atoms with E-state index in [0.717, 1.165) is 11.6 Å². The highest BCUT2D eigenvalue weighted by molar-refractivity contribution is 6.26. The first kappa shape index (κ1) is 18.5. The quantitative estimate of drug-likeness (QED) is 0.216. The zero-order chi connectivity index (χ0) is 18.7. The minimum Gasteiger partial charge on any atom is -0.507 e. The van der Waals surface area contributed by atoms with Gasteiger partial charge in [0.05, 0.1) is 16.3 Å². The molecule has 0 aliphatic carbocycles. The Morgan fingerprint density at radius 3 is 2.20 bits per heavy atom. The van der Waals surface area contributed by atoms with Gasteiger partial charge in [0.2, 0.25) is 0 Å². The van der Waals surface area contributed by atoms with Crippen LogP contribution in [0.2, 0.25) is 0 Å². The highest BCUT2D eigenvalue weighted by Gasteiger charge is 2.21. The Labute approximate surface area is 148 Å². The van der Waals surface area contributed by atoms with Crippen LogP contribution >= 0.6 is 11.6 Å². The summed E-state index contributed by atoms with van der Waals surface area (Å²) in [7, 11) is 0. The van der Waals surface area contributed by atoms with Crippen molar-refractivity contribution in [3.8, 4) is 23.0 Å². The fraction of sp³-hybridized carbons (Fsp3) is 0.167. The Kier molecular flexibility index (Phi) is 5.44. The number of alkyl halides is 1. The molecule has 0 saturated carbocycles. The molecule has 132 valence electrons. The van der Waals surface area contributed by atoms with Crippen molar-refractivity contribution in [2.75, 3.05) is 5.88 Å². The normalized spacial score (nSPS) is 11.4. The van der Waals surface area contributed by atoms with Gasteiger partial charge in [-0.15, -0.1) is 11.6 Å². The standard InChI is InChI=1S/C18H17ClO6/c1-9(2)3-6-14(25-15(23)8-19)10-7-13(22)16-11(20)4-5-12(21)17(16)18(10)24/h3-7,20-22,24H,8H2,1-2H3/b14-6-. The lowest BCUT2D eigenvalue weighted by Gasteiger charge is -2.14. The topological polar surface area (TPSA) is 107 Å². The summed E-state index contributed by atoms with van der Waals surface area (Å²) < 4.78 is 5.12. The van der Waals surface area contributed by atoms with Crippen LogP contribution in [0.3, 0.4) is 0 Å². The Hall–Kier alpha value is -2.86. The third-order valence-electron chi connectivity index (χ3n) is 3.36. The first-order valence-corrected chi connectivity index (χ1v) is 7.81. The molecule has 0 fully saturated rings. The molecule has 0 spiro atoms. The molecule has 0 aromatic heterocycles. The van der Waals surface area contributed by atoms with Crippen LogP contribution in [0.15, 0.2) is 35.9 Å². The molecule has 0 bridgehead atoms. The van der Waals surface area contributed by atoms with Crippen molar-refractivity contribution in [1.82, 2.24) is 0 Å². The van der Waals surface area contributed by atoms with E-state index >= 15 is 0 Å². The molecule has 0 amide bonds. The molecular formula is C18H17ClO6. The van der Waals surface area contributed by atoms with Crippen LogP contribution in [0.1, 0.15) is 19.4 Å². The van der Waals surface area contributed by atoms with Gasteiger partial charge in [-0.3, -0.25) is 4.79 Å². The van der Waals surface area contributed by atoms with Gasteiger partial charge in [0.25, 0.3) is 0 Å². The average Bonchev–Trinajstić information content (AvgIpc) is 2.56. The van der Waals surface area contributed by atoms with Crippen molar-refractivity contribution < 1.29 is 30.0 Å². The van der Waals surface area contributed by atoms with Crippen molar-refractivity contribution in [3.63, 3.8) is 0 Å². The second-order valence-corrected chi connectivity index (χ2v) is 5.80.